The Morgan fingerprint density at radius 1 is 1.38 bits per heavy atom. The lowest BCUT2D eigenvalue weighted by Crippen LogP contribution is -2.26. The topological polar surface area (TPSA) is 46.3 Å². The first-order valence-corrected chi connectivity index (χ1v) is 4.99. The Bertz CT molecular complexity index is 146. The van der Waals surface area contributed by atoms with Gasteiger partial charge >= 0.3 is 0 Å². The van der Waals surface area contributed by atoms with E-state index in [4.69, 9.17) is 5.73 Å². The molecule has 0 amide bonds. The Morgan fingerprint density at radius 3 is 2.46 bits per heavy atom. The number of nitrogens with zero attached hydrogens (tertiary/aromatic N) is 1. The summed E-state index contributed by atoms with van der Waals surface area (Å²) < 4.78 is 0. The Morgan fingerprint density at radius 2 is 2.00 bits per heavy atom. The summed E-state index contributed by atoms with van der Waals surface area (Å²) in [7, 11) is 2.03. The molecule has 0 spiro atoms. The van der Waals surface area contributed by atoms with Crippen molar-refractivity contribution >= 4 is 5.78 Å². The number of ketones is 1. The smallest absolute Gasteiger partial charge is 0.135 e. The number of rotatable bonds is 7. The first-order chi connectivity index (χ1) is 6.07. The molecule has 0 heterocycles. The van der Waals surface area contributed by atoms with Crippen molar-refractivity contribution in [2.45, 2.75) is 26.7 Å². The van der Waals surface area contributed by atoms with Gasteiger partial charge in [-0.05, 0) is 20.0 Å². The van der Waals surface area contributed by atoms with Crippen LogP contribution in [0.4, 0.5) is 0 Å². The molecule has 0 aromatic heterocycles. The molecule has 0 bridgehead atoms. The third-order valence-electron chi connectivity index (χ3n) is 2.12. The Balaban J connectivity index is 3.39. The van der Waals surface area contributed by atoms with Crippen molar-refractivity contribution in [2.24, 2.45) is 11.7 Å². The van der Waals surface area contributed by atoms with Crippen LogP contribution in [0, 0.1) is 5.92 Å². The molecular formula is C10H22N2O. The maximum absolute atomic E-state index is 11.2. The molecule has 0 unspecified atom stereocenters. The summed E-state index contributed by atoms with van der Waals surface area (Å²) in [6.07, 6.45) is 1.65. The van der Waals surface area contributed by atoms with Gasteiger partial charge in [0.15, 0.2) is 0 Å². The Kier molecular flexibility index (Phi) is 6.82. The quantitative estimate of drug-likeness (QED) is 0.642. The van der Waals surface area contributed by atoms with Crippen molar-refractivity contribution in [3.63, 3.8) is 0 Å². The van der Waals surface area contributed by atoms with E-state index in [0.717, 1.165) is 19.5 Å². The number of likely N-dealkylation sites (N-methyl/N-ethyl adjacent to an activating group) is 1. The van der Waals surface area contributed by atoms with E-state index in [1.165, 1.54) is 0 Å². The molecule has 3 nitrogen and oxygen atoms in total. The summed E-state index contributed by atoms with van der Waals surface area (Å²) in [5.74, 6) is 0.543. The minimum absolute atomic E-state index is 0.180. The highest BCUT2D eigenvalue weighted by atomic mass is 16.1. The highest BCUT2D eigenvalue weighted by Crippen LogP contribution is 2.02. The van der Waals surface area contributed by atoms with Gasteiger partial charge in [-0.3, -0.25) is 4.79 Å². The largest absolute Gasteiger partial charge is 0.329 e. The minimum Gasteiger partial charge on any atom is -0.329 e. The fourth-order valence-electron chi connectivity index (χ4n) is 1.14. The molecule has 0 aliphatic heterocycles. The SMILES string of the molecule is CC(C)C(=O)CCCN(C)CCN. The molecule has 0 fully saturated rings. The van der Waals surface area contributed by atoms with Crippen LogP contribution in [0.3, 0.4) is 0 Å². The molecule has 0 atom stereocenters. The van der Waals surface area contributed by atoms with E-state index in [1.54, 1.807) is 0 Å². The molecule has 0 aromatic rings. The van der Waals surface area contributed by atoms with Crippen LogP contribution >= 0.6 is 0 Å². The van der Waals surface area contributed by atoms with Crippen LogP contribution in [0.2, 0.25) is 0 Å². The van der Waals surface area contributed by atoms with Gasteiger partial charge in [0, 0.05) is 25.4 Å². The molecule has 0 rings (SSSR count). The summed E-state index contributed by atoms with van der Waals surface area (Å²) >= 11 is 0. The first kappa shape index (κ1) is 12.6. The Hall–Kier alpha value is -0.410. The zero-order valence-corrected chi connectivity index (χ0v) is 9.05. The van der Waals surface area contributed by atoms with Crippen LogP contribution in [0.25, 0.3) is 0 Å². The van der Waals surface area contributed by atoms with E-state index in [2.05, 4.69) is 4.90 Å². The van der Waals surface area contributed by atoms with Gasteiger partial charge < -0.3 is 10.6 Å². The second kappa shape index (κ2) is 7.04. The summed E-state index contributed by atoms with van der Waals surface area (Å²) in [6, 6.07) is 0. The number of hydrogen-bond donors (Lipinski definition) is 1. The van der Waals surface area contributed by atoms with Crippen molar-refractivity contribution in [3.8, 4) is 0 Å². The van der Waals surface area contributed by atoms with Crippen LogP contribution in [0.15, 0.2) is 0 Å². The molecular weight excluding hydrogens is 164 g/mol. The third kappa shape index (κ3) is 6.72. The van der Waals surface area contributed by atoms with Gasteiger partial charge in [-0.1, -0.05) is 13.8 Å². The van der Waals surface area contributed by atoms with E-state index in [9.17, 15) is 4.79 Å². The predicted octanol–water partition coefficient (Wildman–Crippen LogP) is 0.882. The van der Waals surface area contributed by atoms with Gasteiger partial charge in [-0.25, -0.2) is 0 Å². The molecule has 2 N–H and O–H groups in total. The highest BCUT2D eigenvalue weighted by molar-refractivity contribution is 5.80. The summed E-state index contributed by atoms with van der Waals surface area (Å²) in [6.45, 7) is 6.47. The van der Waals surface area contributed by atoms with Crippen molar-refractivity contribution < 1.29 is 4.79 Å². The predicted molar refractivity (Wildman–Crippen MR) is 55.6 cm³/mol. The summed E-state index contributed by atoms with van der Waals surface area (Å²) in [4.78, 5) is 13.4. The zero-order chi connectivity index (χ0) is 10.3. The molecule has 78 valence electrons. The average Bonchev–Trinajstić information content (AvgIpc) is 2.04. The van der Waals surface area contributed by atoms with Crippen LogP contribution in [0.1, 0.15) is 26.7 Å². The lowest BCUT2D eigenvalue weighted by molar-refractivity contribution is -0.122. The van der Waals surface area contributed by atoms with Gasteiger partial charge in [-0.15, -0.1) is 0 Å². The van der Waals surface area contributed by atoms with E-state index in [1.807, 2.05) is 20.9 Å². The van der Waals surface area contributed by atoms with Crippen LogP contribution in [-0.4, -0.2) is 37.4 Å². The number of hydrogen-bond acceptors (Lipinski definition) is 3. The third-order valence-corrected chi connectivity index (χ3v) is 2.12. The van der Waals surface area contributed by atoms with Crippen LogP contribution in [-0.2, 0) is 4.79 Å². The maximum Gasteiger partial charge on any atom is 0.135 e. The monoisotopic (exact) mass is 186 g/mol. The highest BCUT2D eigenvalue weighted by Gasteiger charge is 2.06. The minimum atomic E-state index is 0.180. The first-order valence-electron chi connectivity index (χ1n) is 4.99. The fourth-order valence-corrected chi connectivity index (χ4v) is 1.14. The molecule has 0 saturated carbocycles. The number of carbonyl (C=O) groups excluding carboxylic acids is 1. The summed E-state index contributed by atoms with van der Waals surface area (Å²) in [5, 5.41) is 0. The molecule has 0 aliphatic carbocycles. The molecule has 0 aliphatic rings. The van der Waals surface area contributed by atoms with E-state index in [-0.39, 0.29) is 5.92 Å². The lowest BCUT2D eigenvalue weighted by atomic mass is 10.0. The second-order valence-electron chi connectivity index (χ2n) is 3.82. The fraction of sp³-hybridized carbons (Fsp3) is 0.900. The number of Topliss-reactive ketones (excluding diaryl/α,β-unsaturated/α-hetero) is 1. The van der Waals surface area contributed by atoms with Crippen molar-refractivity contribution in [1.82, 2.24) is 4.90 Å². The standard InChI is InChI=1S/C10H22N2O/c1-9(2)10(13)5-4-7-12(3)8-6-11/h9H,4-8,11H2,1-3H3. The number of carbonyl (C=O) groups is 1. The van der Waals surface area contributed by atoms with E-state index in [0.29, 0.717) is 18.7 Å². The lowest BCUT2D eigenvalue weighted by Gasteiger charge is -2.14. The van der Waals surface area contributed by atoms with Gasteiger partial charge in [0.25, 0.3) is 0 Å². The van der Waals surface area contributed by atoms with E-state index < -0.39 is 0 Å². The van der Waals surface area contributed by atoms with Crippen LogP contribution in [0.5, 0.6) is 0 Å². The normalized spacial score (nSPS) is 11.2. The second-order valence-corrected chi connectivity index (χ2v) is 3.82. The zero-order valence-electron chi connectivity index (χ0n) is 9.05. The average molecular weight is 186 g/mol. The van der Waals surface area contributed by atoms with Crippen molar-refractivity contribution in [2.75, 3.05) is 26.7 Å². The molecule has 0 aromatic carbocycles. The van der Waals surface area contributed by atoms with E-state index >= 15 is 0 Å². The van der Waals surface area contributed by atoms with Gasteiger partial charge in [-0.2, -0.15) is 0 Å². The molecule has 13 heavy (non-hydrogen) atoms. The summed E-state index contributed by atoms with van der Waals surface area (Å²) in [5.41, 5.74) is 5.40. The number of nitrogens with two attached hydrogens (primary N) is 1. The van der Waals surface area contributed by atoms with Gasteiger partial charge in [0.1, 0.15) is 5.78 Å². The molecule has 3 heteroatoms. The van der Waals surface area contributed by atoms with Crippen LogP contribution < -0.4 is 5.73 Å². The van der Waals surface area contributed by atoms with Gasteiger partial charge in [0.2, 0.25) is 0 Å². The van der Waals surface area contributed by atoms with Crippen molar-refractivity contribution in [3.05, 3.63) is 0 Å². The molecule has 0 radical (unpaired) electrons. The van der Waals surface area contributed by atoms with Crippen molar-refractivity contribution in [1.29, 1.82) is 0 Å². The maximum atomic E-state index is 11.2. The van der Waals surface area contributed by atoms with Gasteiger partial charge in [0.05, 0.1) is 0 Å². The Labute approximate surface area is 81.3 Å². The molecule has 0 saturated heterocycles.